The van der Waals surface area contributed by atoms with Gasteiger partial charge in [0.25, 0.3) is 5.91 Å². The number of hydrogen-bond donors (Lipinski definition) is 2. The number of aliphatic hydroxyl groups is 1. The van der Waals surface area contributed by atoms with Gasteiger partial charge in [-0.05, 0) is 41.5 Å². The Balaban J connectivity index is 1.73. The molecule has 0 bridgehead atoms. The molecule has 0 atom stereocenters. The van der Waals surface area contributed by atoms with Crippen molar-refractivity contribution in [1.29, 1.82) is 0 Å². The lowest BCUT2D eigenvalue weighted by Crippen LogP contribution is -2.24. The zero-order valence-corrected chi connectivity index (χ0v) is 12.2. The number of nitrogens with zero attached hydrogens (tertiary/aromatic N) is 1. The number of rotatable bonds is 4. The van der Waals surface area contributed by atoms with Crippen LogP contribution >= 0.6 is 11.3 Å². The average Bonchev–Trinajstić information content (AvgIpc) is 3.10. The first-order chi connectivity index (χ1) is 10.2. The number of nitrogens with one attached hydrogen (secondary N) is 1. The molecule has 3 rings (SSSR count). The van der Waals surface area contributed by atoms with Gasteiger partial charge in [-0.2, -0.15) is 0 Å². The fourth-order valence-corrected chi connectivity index (χ4v) is 2.92. The molecule has 21 heavy (non-hydrogen) atoms. The van der Waals surface area contributed by atoms with Crippen molar-refractivity contribution in [2.75, 3.05) is 0 Å². The molecule has 0 unspecified atom stereocenters. The van der Waals surface area contributed by atoms with Crippen LogP contribution in [0.2, 0.25) is 0 Å². The summed E-state index contributed by atoms with van der Waals surface area (Å²) in [5, 5.41) is 18.9. The van der Waals surface area contributed by atoms with Crippen LogP contribution in [0.3, 0.4) is 0 Å². The van der Waals surface area contributed by atoms with E-state index in [2.05, 4.69) is 16.5 Å². The molecule has 0 saturated carbocycles. The fraction of sp³-hybridized carbons (Fsp3) is 0.200. The number of aryl methyl sites for hydroxylation is 1. The first-order valence-electron chi connectivity index (χ1n) is 6.49. The third-order valence-corrected chi connectivity index (χ3v) is 4.23. The molecule has 6 heteroatoms. The van der Waals surface area contributed by atoms with Gasteiger partial charge in [-0.25, -0.2) is 0 Å². The number of amides is 1. The standard InChI is InChI=1S/C15H14N2O3S/c1-9-12(8-18)14(17-20-9)15(19)16-7-10-2-3-13-11(6-10)4-5-21-13/h2-6,18H,7-8H2,1H3,(H,16,19). The Morgan fingerprint density at radius 3 is 3.10 bits per heavy atom. The molecular weight excluding hydrogens is 288 g/mol. The Morgan fingerprint density at radius 2 is 2.29 bits per heavy atom. The highest BCUT2D eigenvalue weighted by Gasteiger charge is 2.18. The monoisotopic (exact) mass is 302 g/mol. The summed E-state index contributed by atoms with van der Waals surface area (Å²) in [7, 11) is 0. The Hall–Kier alpha value is -2.18. The van der Waals surface area contributed by atoms with Crippen molar-refractivity contribution in [3.8, 4) is 0 Å². The highest BCUT2D eigenvalue weighted by atomic mass is 32.1. The van der Waals surface area contributed by atoms with Crippen LogP contribution in [0.1, 0.15) is 27.4 Å². The number of fused-ring (bicyclic) bond motifs is 1. The molecular formula is C15H14N2O3S. The van der Waals surface area contributed by atoms with Crippen LogP contribution in [0.5, 0.6) is 0 Å². The normalized spacial score (nSPS) is 11.0. The summed E-state index contributed by atoms with van der Waals surface area (Å²) in [6, 6.07) is 8.13. The van der Waals surface area contributed by atoms with E-state index in [1.807, 2.05) is 23.6 Å². The Kier molecular flexibility index (Phi) is 3.72. The maximum absolute atomic E-state index is 12.1. The summed E-state index contributed by atoms with van der Waals surface area (Å²) in [5.74, 6) is 0.114. The number of carbonyl (C=O) groups excluding carboxylic acids is 1. The summed E-state index contributed by atoms with van der Waals surface area (Å²) in [5.41, 5.74) is 1.59. The number of carbonyl (C=O) groups is 1. The molecule has 2 N–H and O–H groups in total. The van der Waals surface area contributed by atoms with Gasteiger partial charge in [0.2, 0.25) is 0 Å². The maximum atomic E-state index is 12.1. The van der Waals surface area contributed by atoms with Crippen molar-refractivity contribution >= 4 is 27.3 Å². The Morgan fingerprint density at radius 1 is 1.43 bits per heavy atom. The number of thiophene rings is 1. The molecule has 1 amide bonds. The van der Waals surface area contributed by atoms with E-state index >= 15 is 0 Å². The first kappa shape index (κ1) is 13.8. The minimum absolute atomic E-state index is 0.145. The van der Waals surface area contributed by atoms with E-state index in [0.29, 0.717) is 17.9 Å². The number of aliphatic hydroxyl groups excluding tert-OH is 1. The quantitative estimate of drug-likeness (QED) is 0.777. The molecule has 0 fully saturated rings. The van der Waals surface area contributed by atoms with Gasteiger partial charge >= 0.3 is 0 Å². The van der Waals surface area contributed by atoms with Crippen LogP contribution in [0.15, 0.2) is 34.2 Å². The molecule has 0 saturated heterocycles. The molecule has 5 nitrogen and oxygen atoms in total. The van der Waals surface area contributed by atoms with Crippen molar-refractivity contribution in [1.82, 2.24) is 10.5 Å². The lowest BCUT2D eigenvalue weighted by Gasteiger charge is -2.04. The van der Waals surface area contributed by atoms with Gasteiger partial charge in [0, 0.05) is 11.2 Å². The predicted molar refractivity (Wildman–Crippen MR) is 80.2 cm³/mol. The van der Waals surface area contributed by atoms with E-state index in [1.165, 1.54) is 10.1 Å². The predicted octanol–water partition coefficient (Wildman–Crippen LogP) is 2.62. The van der Waals surface area contributed by atoms with Crippen LogP contribution in [0.4, 0.5) is 0 Å². The summed E-state index contributed by atoms with van der Waals surface area (Å²) >= 11 is 1.69. The molecule has 0 aliphatic heterocycles. The van der Waals surface area contributed by atoms with E-state index in [1.54, 1.807) is 18.3 Å². The summed E-state index contributed by atoms with van der Waals surface area (Å²) in [6.45, 7) is 1.81. The van der Waals surface area contributed by atoms with Gasteiger partial charge in [-0.1, -0.05) is 11.2 Å². The molecule has 0 aliphatic rings. The molecule has 3 aromatic rings. The van der Waals surface area contributed by atoms with Crippen molar-refractivity contribution in [3.63, 3.8) is 0 Å². The molecule has 0 aliphatic carbocycles. The molecule has 2 aromatic heterocycles. The van der Waals surface area contributed by atoms with Crippen LogP contribution < -0.4 is 5.32 Å². The number of aromatic nitrogens is 1. The number of hydrogen-bond acceptors (Lipinski definition) is 5. The molecule has 108 valence electrons. The molecule has 0 radical (unpaired) electrons. The maximum Gasteiger partial charge on any atom is 0.274 e. The van der Waals surface area contributed by atoms with Crippen LogP contribution in [-0.4, -0.2) is 16.2 Å². The lowest BCUT2D eigenvalue weighted by molar-refractivity contribution is 0.0939. The Bertz CT molecular complexity index is 791. The van der Waals surface area contributed by atoms with Crippen LogP contribution in [0, 0.1) is 6.92 Å². The smallest absolute Gasteiger partial charge is 0.274 e. The van der Waals surface area contributed by atoms with E-state index in [0.717, 1.165) is 5.56 Å². The van der Waals surface area contributed by atoms with Crippen LogP contribution in [0.25, 0.3) is 10.1 Å². The van der Waals surface area contributed by atoms with Gasteiger partial charge in [0.1, 0.15) is 5.76 Å². The summed E-state index contributed by atoms with van der Waals surface area (Å²) < 4.78 is 6.16. The number of benzene rings is 1. The summed E-state index contributed by atoms with van der Waals surface area (Å²) in [4.78, 5) is 12.1. The third kappa shape index (κ3) is 2.68. The Labute approximate surface area is 125 Å². The van der Waals surface area contributed by atoms with Gasteiger partial charge in [-0.3, -0.25) is 4.79 Å². The molecule has 1 aromatic carbocycles. The van der Waals surface area contributed by atoms with E-state index in [-0.39, 0.29) is 18.2 Å². The highest BCUT2D eigenvalue weighted by Crippen LogP contribution is 2.21. The van der Waals surface area contributed by atoms with Gasteiger partial charge in [-0.15, -0.1) is 11.3 Å². The lowest BCUT2D eigenvalue weighted by atomic mass is 10.1. The van der Waals surface area contributed by atoms with Gasteiger partial charge in [0.05, 0.1) is 12.2 Å². The van der Waals surface area contributed by atoms with Crippen molar-refractivity contribution in [3.05, 3.63) is 52.2 Å². The average molecular weight is 302 g/mol. The van der Waals surface area contributed by atoms with E-state index in [4.69, 9.17) is 4.52 Å². The van der Waals surface area contributed by atoms with Crippen molar-refractivity contribution in [2.24, 2.45) is 0 Å². The minimum Gasteiger partial charge on any atom is -0.391 e. The van der Waals surface area contributed by atoms with Gasteiger partial charge in [0.15, 0.2) is 5.69 Å². The second kappa shape index (κ2) is 5.67. The summed E-state index contributed by atoms with van der Waals surface area (Å²) in [6.07, 6.45) is 0. The first-order valence-corrected chi connectivity index (χ1v) is 7.37. The zero-order valence-electron chi connectivity index (χ0n) is 11.4. The van der Waals surface area contributed by atoms with E-state index in [9.17, 15) is 9.90 Å². The van der Waals surface area contributed by atoms with Crippen molar-refractivity contribution in [2.45, 2.75) is 20.1 Å². The second-order valence-electron chi connectivity index (χ2n) is 4.70. The molecule has 0 spiro atoms. The van der Waals surface area contributed by atoms with Gasteiger partial charge < -0.3 is 14.9 Å². The topological polar surface area (TPSA) is 75.4 Å². The van der Waals surface area contributed by atoms with E-state index < -0.39 is 0 Å². The zero-order chi connectivity index (χ0) is 14.8. The third-order valence-electron chi connectivity index (χ3n) is 3.33. The largest absolute Gasteiger partial charge is 0.391 e. The van der Waals surface area contributed by atoms with Crippen LogP contribution in [-0.2, 0) is 13.2 Å². The molecule has 2 heterocycles. The second-order valence-corrected chi connectivity index (χ2v) is 5.65. The highest BCUT2D eigenvalue weighted by molar-refractivity contribution is 7.17. The van der Waals surface area contributed by atoms with Crippen molar-refractivity contribution < 1.29 is 14.4 Å². The fourth-order valence-electron chi connectivity index (χ4n) is 2.15. The minimum atomic E-state index is -0.346. The SMILES string of the molecule is Cc1onc(C(=O)NCc2ccc3sccc3c2)c1CO.